The number of nitrogens with zero attached hydrogens (tertiary/aromatic N) is 5. The summed E-state index contributed by atoms with van der Waals surface area (Å²) in [6.07, 6.45) is 12.5. The van der Waals surface area contributed by atoms with Crippen LogP contribution in [0.3, 0.4) is 0 Å². The Balaban J connectivity index is 0.614. The number of fused-ring (bicyclic) bond motifs is 6. The molecule has 0 unspecified atom stereocenters. The molecule has 4 N–H and O–H groups in total. The molecule has 7 aliphatic rings. The molecule has 5 aromatic carbocycles. The zero-order valence-corrected chi connectivity index (χ0v) is 53.5. The maximum Gasteiger partial charge on any atom is 0.416 e. The molecule has 2 saturated carbocycles. The van der Waals surface area contributed by atoms with Crippen LogP contribution in [0.4, 0.5) is 27.5 Å². The Morgan fingerprint density at radius 1 is 0.667 bits per heavy atom. The number of benzene rings is 5. The van der Waals surface area contributed by atoms with E-state index in [1.54, 1.807) is 86.2 Å². The molecule has 0 aromatic heterocycles. The highest BCUT2D eigenvalue weighted by molar-refractivity contribution is 6.07. The van der Waals surface area contributed by atoms with E-state index in [-0.39, 0.29) is 95.2 Å². The van der Waals surface area contributed by atoms with Crippen LogP contribution in [0.2, 0.25) is 0 Å². The van der Waals surface area contributed by atoms with E-state index in [0.29, 0.717) is 85.8 Å². The van der Waals surface area contributed by atoms with Crippen molar-refractivity contribution in [2.45, 2.75) is 148 Å². The van der Waals surface area contributed by atoms with E-state index in [1.807, 2.05) is 65.7 Å². The molecular weight excluding hydrogens is 1180 g/mol. The number of nitrogens with one attached hydrogen (secondary N) is 3. The van der Waals surface area contributed by atoms with Crippen LogP contribution in [0.1, 0.15) is 147 Å². The van der Waals surface area contributed by atoms with E-state index in [0.717, 1.165) is 72.3 Å². The molecule has 5 atom stereocenters. The maximum absolute atomic E-state index is 14.4. The zero-order valence-electron chi connectivity index (χ0n) is 53.5. The molecule has 93 heavy (non-hydrogen) atoms. The molecule has 488 valence electrons. The summed E-state index contributed by atoms with van der Waals surface area (Å²) in [7, 11) is 3.03. The Hall–Kier alpha value is -9.24. The van der Waals surface area contributed by atoms with E-state index in [4.69, 9.17) is 28.7 Å². The number of aliphatic imine (C=N–C) groups is 1. The number of carbonyl (C=O) groups is 7. The normalized spacial score (nSPS) is 20.1. The van der Waals surface area contributed by atoms with Gasteiger partial charge in [0, 0.05) is 50.0 Å². The van der Waals surface area contributed by atoms with Crippen molar-refractivity contribution in [3.05, 3.63) is 130 Å². The van der Waals surface area contributed by atoms with Crippen LogP contribution in [0, 0.1) is 16.7 Å². The number of unbranched alkanes of at least 4 members (excludes halogenated alkanes) is 3. The number of hydrogen-bond acceptors (Lipinski definition) is 14. The quantitative estimate of drug-likeness (QED) is 0.0445. The first-order chi connectivity index (χ1) is 44.9. The summed E-state index contributed by atoms with van der Waals surface area (Å²) in [6.45, 7) is 7.19. The van der Waals surface area contributed by atoms with Crippen LogP contribution in [0.25, 0.3) is 12.2 Å². The third-order valence-electron chi connectivity index (χ3n) is 19.3. The monoisotopic (exact) mass is 1270 g/mol. The van der Waals surface area contributed by atoms with Gasteiger partial charge in [-0.05, 0) is 147 Å². The molecule has 21 nitrogen and oxygen atoms in total. The lowest BCUT2D eigenvalue weighted by molar-refractivity contribution is -0.131. The number of rotatable bonds is 23. The van der Waals surface area contributed by atoms with Crippen molar-refractivity contribution < 1.29 is 62.4 Å². The molecule has 2 spiro atoms. The summed E-state index contributed by atoms with van der Waals surface area (Å²) in [5, 5.41) is 20.5. The van der Waals surface area contributed by atoms with Crippen molar-refractivity contribution in [3.63, 3.8) is 0 Å². The van der Waals surface area contributed by atoms with Gasteiger partial charge in [-0.15, -0.1) is 0 Å². The van der Waals surface area contributed by atoms with Crippen LogP contribution >= 0.6 is 0 Å². The van der Waals surface area contributed by atoms with Crippen molar-refractivity contribution in [1.29, 1.82) is 0 Å². The molecule has 2 saturated heterocycles. The summed E-state index contributed by atoms with van der Waals surface area (Å²) in [5.74, 6) is -0.563. The van der Waals surface area contributed by atoms with Crippen molar-refractivity contribution in [2.75, 3.05) is 55.6 Å². The highest BCUT2D eigenvalue weighted by Crippen LogP contribution is 2.58. The molecule has 0 radical (unpaired) electrons. The lowest BCUT2D eigenvalue weighted by Gasteiger charge is -2.31. The summed E-state index contributed by atoms with van der Waals surface area (Å²) in [5.41, 5.74) is 6.32. The van der Waals surface area contributed by atoms with Crippen LogP contribution in [0.15, 0.2) is 102 Å². The molecule has 4 fully saturated rings. The highest BCUT2D eigenvalue weighted by Gasteiger charge is 2.58. The third kappa shape index (κ3) is 13.9. The first-order valence-corrected chi connectivity index (χ1v) is 32.6. The van der Waals surface area contributed by atoms with E-state index in [9.17, 15) is 38.7 Å². The number of anilines is 3. The lowest BCUT2D eigenvalue weighted by atomic mass is 10.0. The van der Waals surface area contributed by atoms with Gasteiger partial charge < -0.3 is 59.4 Å². The second-order valence-corrected chi connectivity index (χ2v) is 26.3. The van der Waals surface area contributed by atoms with Gasteiger partial charge in [-0.3, -0.25) is 33.8 Å². The van der Waals surface area contributed by atoms with Gasteiger partial charge in [0.1, 0.15) is 18.7 Å². The van der Waals surface area contributed by atoms with Gasteiger partial charge in [0.15, 0.2) is 29.2 Å². The van der Waals surface area contributed by atoms with E-state index in [2.05, 4.69) is 22.0 Å². The fraction of sp³-hybridized carbons (Fsp3) is 0.444. The SMILES string of the molecule is COc1cc2c(cc1OCCCCCOc1cc3c(cc1OC)C(=O)N1CC4(CC4)C[C@H]1[C@H](O)N3C(=O)OCc1ccc(NC(=O)[C@H](C)NC(=O)[C@@H](NC(=O)CCCCC(=O)N3Cc4ccccc4/C=C\c4ccccc43)C(C)C)cc1)N=C[C@@H]1CC3(CC3)CN1C2=O. The molecule has 2 aliphatic carbocycles. The number of hydrogen-bond donors (Lipinski definition) is 4. The second kappa shape index (κ2) is 27.1. The molecule has 0 bridgehead atoms. The number of methoxy groups -OCH3 is 2. The Bertz CT molecular complexity index is 3760. The van der Waals surface area contributed by atoms with Gasteiger partial charge in [0.25, 0.3) is 11.8 Å². The van der Waals surface area contributed by atoms with Gasteiger partial charge in [-0.1, -0.05) is 80.6 Å². The van der Waals surface area contributed by atoms with E-state index in [1.165, 1.54) is 7.11 Å². The second-order valence-electron chi connectivity index (χ2n) is 26.3. The van der Waals surface area contributed by atoms with Crippen molar-refractivity contribution in [2.24, 2.45) is 21.7 Å². The summed E-state index contributed by atoms with van der Waals surface area (Å²) < 4.78 is 29.8. The first kappa shape index (κ1) is 63.9. The Kier molecular flexibility index (Phi) is 18.6. The standard InChI is InChI=1S/C72H82N8O13/c1-44(2)64(76-62(81)19-11-12-20-63(82)77-40-49-17-8-7-15-47(49)23-24-48-16-9-10-18-55(48)77)66(84)74-45(3)65(83)75-50-25-21-46(22-26-50)41-93-70(88)80-56-36-61(59(90-5)34-53(56)68(86)79-43-72(29-30-72)38-57(79)69(80)87)92-32-14-6-13-31-91-60-35-54-52(33-58(60)89-4)67(85)78-42-71(27-28-71)37-51(78)39-73-54/h7-10,15-18,21-26,33-36,39,44-45,51,57,64,69,87H,6,11-14,19-20,27-32,37-38,40-43H2,1-5H3,(H,74,84)(H,75,83)(H,76,81)/b24-23-/t45-,51-,57-,64-,69-/m0/s1. The van der Waals surface area contributed by atoms with Gasteiger partial charge >= 0.3 is 6.09 Å². The fourth-order valence-corrected chi connectivity index (χ4v) is 13.5. The average Bonchev–Trinajstić information content (AvgIpc) is 1.58. The topological polar surface area (TPSA) is 247 Å². The van der Waals surface area contributed by atoms with E-state index >= 15 is 0 Å². The summed E-state index contributed by atoms with van der Waals surface area (Å²) >= 11 is 0. The van der Waals surface area contributed by atoms with Crippen LogP contribution < -0.4 is 44.7 Å². The van der Waals surface area contributed by atoms with Gasteiger partial charge in [-0.25, -0.2) is 9.69 Å². The van der Waals surface area contributed by atoms with Crippen molar-refractivity contribution in [1.82, 2.24) is 20.4 Å². The van der Waals surface area contributed by atoms with Crippen molar-refractivity contribution >= 4 is 82.7 Å². The molecule has 7 amide bonds. The average molecular weight is 1270 g/mol. The number of para-hydroxylation sites is 1. The van der Waals surface area contributed by atoms with Crippen LogP contribution in [0.5, 0.6) is 23.0 Å². The van der Waals surface area contributed by atoms with E-state index < -0.39 is 42.3 Å². The highest BCUT2D eigenvalue weighted by atomic mass is 16.6. The molecule has 12 rings (SSSR count). The minimum atomic E-state index is -1.44. The van der Waals surface area contributed by atoms with Gasteiger partial charge in [-0.2, -0.15) is 0 Å². The minimum Gasteiger partial charge on any atom is -0.493 e. The Morgan fingerprint density at radius 2 is 1.30 bits per heavy atom. The van der Waals surface area contributed by atoms with Crippen LogP contribution in [-0.2, 0) is 37.1 Å². The molecular formula is C72H82N8O13. The van der Waals surface area contributed by atoms with Gasteiger partial charge in [0.05, 0.1) is 74.3 Å². The molecule has 5 aliphatic heterocycles. The number of ether oxygens (including phenoxy) is 5. The smallest absolute Gasteiger partial charge is 0.416 e. The minimum absolute atomic E-state index is 0.00629. The van der Waals surface area contributed by atoms with Crippen LogP contribution in [-0.4, -0.2) is 134 Å². The molecule has 21 heteroatoms. The molecule has 5 heterocycles. The largest absolute Gasteiger partial charge is 0.493 e. The zero-order chi connectivity index (χ0) is 65.1. The van der Waals surface area contributed by atoms with Gasteiger partial charge in [0.2, 0.25) is 23.6 Å². The summed E-state index contributed by atoms with van der Waals surface area (Å²) in [4.78, 5) is 108. The number of aliphatic hydroxyl groups excluding tert-OH is 1. The third-order valence-corrected chi connectivity index (χ3v) is 19.3. The van der Waals surface area contributed by atoms with Crippen molar-refractivity contribution in [3.8, 4) is 23.0 Å². The number of amides is 7. The fourth-order valence-electron chi connectivity index (χ4n) is 13.5. The molecule has 5 aromatic rings. The number of aliphatic hydroxyl groups is 1. The lowest BCUT2D eigenvalue weighted by Crippen LogP contribution is -2.53. The first-order valence-electron chi connectivity index (χ1n) is 32.6. The summed E-state index contributed by atoms with van der Waals surface area (Å²) in [6, 6.07) is 26.4. The predicted octanol–water partition coefficient (Wildman–Crippen LogP) is 10.4. The predicted molar refractivity (Wildman–Crippen MR) is 351 cm³/mol. The maximum atomic E-state index is 14.4. The number of carbonyl (C=O) groups excluding carboxylic acids is 7. The Morgan fingerprint density at radius 3 is 2.01 bits per heavy atom. The Labute approximate surface area is 541 Å².